The van der Waals surface area contributed by atoms with Crippen LogP contribution < -0.4 is 14.8 Å². The van der Waals surface area contributed by atoms with E-state index in [0.29, 0.717) is 36.7 Å². The molecule has 0 radical (unpaired) electrons. The third-order valence-electron chi connectivity index (χ3n) is 5.23. The van der Waals surface area contributed by atoms with Crippen LogP contribution in [-0.4, -0.2) is 61.1 Å². The Morgan fingerprint density at radius 1 is 0.968 bits per heavy atom. The maximum absolute atomic E-state index is 13.5. The summed E-state index contributed by atoms with van der Waals surface area (Å²) >= 11 is 0. The molecule has 0 saturated carbocycles. The van der Waals surface area contributed by atoms with Crippen molar-refractivity contribution < 1.29 is 19.1 Å². The number of benzene rings is 2. The maximum atomic E-state index is 13.5. The van der Waals surface area contributed by atoms with Gasteiger partial charge in [0, 0.05) is 30.7 Å². The van der Waals surface area contributed by atoms with Crippen molar-refractivity contribution in [3.8, 4) is 11.5 Å². The molecule has 0 aliphatic carbocycles. The van der Waals surface area contributed by atoms with Gasteiger partial charge in [0.1, 0.15) is 0 Å². The van der Waals surface area contributed by atoms with Crippen molar-refractivity contribution >= 4 is 11.9 Å². The molecule has 7 heteroatoms. The number of piperazine rings is 1. The Morgan fingerprint density at radius 3 is 2.26 bits per heavy atom. The molecule has 1 fully saturated rings. The van der Waals surface area contributed by atoms with Crippen LogP contribution in [0.4, 0.5) is 4.79 Å². The summed E-state index contributed by atoms with van der Waals surface area (Å²) < 4.78 is 10.6. The number of hydrogen-bond acceptors (Lipinski definition) is 4. The van der Waals surface area contributed by atoms with Crippen molar-refractivity contribution in [1.29, 1.82) is 0 Å². The number of carbonyl (C=O) groups is 2. The van der Waals surface area contributed by atoms with Gasteiger partial charge < -0.3 is 24.6 Å². The first kappa shape index (κ1) is 22.5. The molecule has 7 nitrogen and oxygen atoms in total. The Bertz CT molecular complexity index is 924. The van der Waals surface area contributed by atoms with Gasteiger partial charge in [-0.05, 0) is 44.5 Å². The zero-order chi connectivity index (χ0) is 22.6. The third kappa shape index (κ3) is 5.29. The topological polar surface area (TPSA) is 71.1 Å². The van der Waals surface area contributed by atoms with Gasteiger partial charge in [0.25, 0.3) is 5.91 Å². The van der Waals surface area contributed by atoms with Crippen LogP contribution in [0.5, 0.6) is 11.5 Å². The summed E-state index contributed by atoms with van der Waals surface area (Å²) in [6.45, 7) is 7.18. The minimum Gasteiger partial charge on any atom is -0.493 e. The highest BCUT2D eigenvalue weighted by Crippen LogP contribution is 2.31. The van der Waals surface area contributed by atoms with Crippen molar-refractivity contribution in [3.05, 3.63) is 59.7 Å². The van der Waals surface area contributed by atoms with Crippen LogP contribution in [0, 0.1) is 0 Å². The molecule has 166 valence electrons. The summed E-state index contributed by atoms with van der Waals surface area (Å²) in [7, 11) is 3.11. The molecule has 1 N–H and O–H groups in total. The van der Waals surface area contributed by atoms with Gasteiger partial charge >= 0.3 is 6.03 Å². The highest BCUT2D eigenvalue weighted by Gasteiger charge is 2.35. The van der Waals surface area contributed by atoms with E-state index in [1.165, 1.54) is 0 Å². The van der Waals surface area contributed by atoms with E-state index in [-0.39, 0.29) is 23.5 Å². The first-order valence-electron chi connectivity index (χ1n) is 10.4. The van der Waals surface area contributed by atoms with E-state index in [9.17, 15) is 9.59 Å². The summed E-state index contributed by atoms with van der Waals surface area (Å²) in [4.78, 5) is 29.8. The first-order chi connectivity index (χ1) is 14.7. The maximum Gasteiger partial charge on any atom is 0.317 e. The molecule has 2 aromatic rings. The number of carbonyl (C=O) groups excluding carboxylic acids is 2. The van der Waals surface area contributed by atoms with E-state index in [2.05, 4.69) is 5.32 Å². The third-order valence-corrected chi connectivity index (χ3v) is 5.23. The summed E-state index contributed by atoms with van der Waals surface area (Å²) in [5, 5.41) is 3.02. The second kappa shape index (κ2) is 9.29. The summed E-state index contributed by atoms with van der Waals surface area (Å²) in [5.74, 6) is 0.973. The van der Waals surface area contributed by atoms with Gasteiger partial charge in [0.05, 0.1) is 20.3 Å². The fourth-order valence-corrected chi connectivity index (χ4v) is 3.71. The smallest absolute Gasteiger partial charge is 0.317 e. The minimum atomic E-state index is -0.327. The summed E-state index contributed by atoms with van der Waals surface area (Å²) in [6.07, 6.45) is 0. The average molecular weight is 426 g/mol. The van der Waals surface area contributed by atoms with Gasteiger partial charge in [0.15, 0.2) is 11.5 Å². The van der Waals surface area contributed by atoms with Crippen LogP contribution in [0.1, 0.15) is 42.7 Å². The number of urea groups is 1. The van der Waals surface area contributed by atoms with Crippen molar-refractivity contribution in [1.82, 2.24) is 15.1 Å². The lowest BCUT2D eigenvalue weighted by Crippen LogP contribution is -2.57. The van der Waals surface area contributed by atoms with E-state index < -0.39 is 0 Å². The number of hydrogen-bond donors (Lipinski definition) is 1. The standard InChI is InChI=1S/C24H31N3O4/c1-24(2,3)25-23(29)26-13-14-27(19(16-26)17-9-7-6-8-10-17)22(28)18-11-12-20(30-4)21(15-18)31-5/h6-12,15,19H,13-14,16H2,1-5H3,(H,25,29). The Hall–Kier alpha value is -3.22. The van der Waals surface area contributed by atoms with Crippen molar-refractivity contribution in [2.24, 2.45) is 0 Å². The monoisotopic (exact) mass is 425 g/mol. The van der Waals surface area contributed by atoms with Crippen LogP contribution in [0.15, 0.2) is 48.5 Å². The minimum absolute atomic E-state index is 0.106. The molecular weight excluding hydrogens is 394 g/mol. The summed E-state index contributed by atoms with van der Waals surface area (Å²) in [6, 6.07) is 14.6. The Labute approximate surface area is 183 Å². The molecule has 0 spiro atoms. The van der Waals surface area contributed by atoms with Crippen LogP contribution in [0.3, 0.4) is 0 Å². The van der Waals surface area contributed by atoms with Crippen molar-refractivity contribution in [3.63, 3.8) is 0 Å². The van der Waals surface area contributed by atoms with Gasteiger partial charge in [-0.25, -0.2) is 4.79 Å². The SMILES string of the molecule is COc1ccc(C(=O)N2CCN(C(=O)NC(C)(C)C)CC2c2ccccc2)cc1OC. The van der Waals surface area contributed by atoms with Crippen molar-refractivity contribution in [2.75, 3.05) is 33.9 Å². The zero-order valence-electron chi connectivity index (χ0n) is 18.8. The van der Waals surface area contributed by atoms with Gasteiger partial charge in [-0.15, -0.1) is 0 Å². The molecule has 3 amide bonds. The number of ether oxygens (including phenoxy) is 2. The molecular formula is C24H31N3O4. The summed E-state index contributed by atoms with van der Waals surface area (Å²) in [5.41, 5.74) is 1.18. The Kier molecular flexibility index (Phi) is 6.73. The van der Waals surface area contributed by atoms with E-state index >= 15 is 0 Å². The van der Waals surface area contributed by atoms with E-state index in [0.717, 1.165) is 5.56 Å². The van der Waals surface area contributed by atoms with E-state index in [4.69, 9.17) is 9.47 Å². The molecule has 1 heterocycles. The molecule has 3 rings (SSSR count). The van der Waals surface area contributed by atoms with Crippen molar-refractivity contribution in [2.45, 2.75) is 32.4 Å². The molecule has 1 aliphatic heterocycles. The molecule has 0 aromatic heterocycles. The van der Waals surface area contributed by atoms with E-state index in [1.807, 2.05) is 56.0 Å². The second-order valence-corrected chi connectivity index (χ2v) is 8.62. The fraction of sp³-hybridized carbons (Fsp3) is 0.417. The Morgan fingerprint density at radius 2 is 1.65 bits per heavy atom. The Balaban J connectivity index is 1.88. The number of nitrogens with one attached hydrogen (secondary N) is 1. The zero-order valence-corrected chi connectivity index (χ0v) is 18.8. The predicted octanol–water partition coefficient (Wildman–Crippen LogP) is 3.71. The van der Waals surface area contributed by atoms with Crippen LogP contribution in [0.2, 0.25) is 0 Å². The van der Waals surface area contributed by atoms with E-state index in [1.54, 1.807) is 37.3 Å². The number of rotatable bonds is 4. The van der Waals surface area contributed by atoms with Crippen LogP contribution in [-0.2, 0) is 0 Å². The lowest BCUT2D eigenvalue weighted by atomic mass is 10.0. The highest BCUT2D eigenvalue weighted by molar-refractivity contribution is 5.95. The van der Waals surface area contributed by atoms with Crippen LogP contribution >= 0.6 is 0 Å². The molecule has 2 aromatic carbocycles. The largest absolute Gasteiger partial charge is 0.493 e. The van der Waals surface area contributed by atoms with Gasteiger partial charge in [-0.1, -0.05) is 30.3 Å². The normalized spacial score (nSPS) is 16.6. The average Bonchev–Trinajstić information content (AvgIpc) is 2.77. The highest BCUT2D eigenvalue weighted by atomic mass is 16.5. The number of nitrogens with zero attached hydrogens (tertiary/aromatic N) is 2. The predicted molar refractivity (Wildman–Crippen MR) is 120 cm³/mol. The molecule has 1 saturated heterocycles. The van der Waals surface area contributed by atoms with Gasteiger partial charge in [-0.2, -0.15) is 0 Å². The quantitative estimate of drug-likeness (QED) is 0.811. The first-order valence-corrected chi connectivity index (χ1v) is 10.4. The van der Waals surface area contributed by atoms with Gasteiger partial charge in [0.2, 0.25) is 0 Å². The molecule has 31 heavy (non-hydrogen) atoms. The fourth-order valence-electron chi connectivity index (χ4n) is 3.71. The molecule has 1 aliphatic rings. The van der Waals surface area contributed by atoms with Crippen LogP contribution in [0.25, 0.3) is 0 Å². The van der Waals surface area contributed by atoms with Gasteiger partial charge in [-0.3, -0.25) is 4.79 Å². The number of methoxy groups -OCH3 is 2. The lowest BCUT2D eigenvalue weighted by Gasteiger charge is -2.42. The number of amides is 3. The second-order valence-electron chi connectivity index (χ2n) is 8.62. The molecule has 1 unspecified atom stereocenters. The molecule has 0 bridgehead atoms. The molecule has 1 atom stereocenters. The lowest BCUT2D eigenvalue weighted by molar-refractivity contribution is 0.0500.